The maximum absolute atomic E-state index is 12.8. The van der Waals surface area contributed by atoms with E-state index in [1.165, 1.54) is 17.4 Å². The zero-order valence-electron chi connectivity index (χ0n) is 12.3. The fraction of sp³-hybridized carbons (Fsp3) is 0.429. The lowest BCUT2D eigenvalue weighted by Crippen LogP contribution is -2.44. The first-order valence-corrected chi connectivity index (χ1v) is 7.78. The van der Waals surface area contributed by atoms with Crippen LogP contribution in [0.4, 0.5) is 18.2 Å². The molecule has 0 radical (unpaired) electrons. The second-order valence-electron chi connectivity index (χ2n) is 5.34. The normalized spacial score (nSPS) is 21.7. The van der Waals surface area contributed by atoms with Crippen LogP contribution in [-0.4, -0.2) is 56.0 Å². The summed E-state index contributed by atoms with van der Waals surface area (Å²) < 4.78 is 38.4. The van der Waals surface area contributed by atoms with Gasteiger partial charge >= 0.3 is 12.1 Å². The van der Waals surface area contributed by atoms with Gasteiger partial charge in [-0.25, -0.2) is 4.79 Å². The van der Waals surface area contributed by atoms with E-state index in [0.717, 1.165) is 31.2 Å². The van der Waals surface area contributed by atoms with Crippen molar-refractivity contribution in [2.45, 2.75) is 6.18 Å². The number of likely N-dealkylation sites (N-methyl/N-ethyl adjacent to an activating group) is 1. The van der Waals surface area contributed by atoms with Gasteiger partial charge in [0, 0.05) is 31.1 Å². The Bertz CT molecular complexity index is 673. The Balaban J connectivity index is 1.80. The number of alkyl halides is 3. The predicted octanol–water partition coefficient (Wildman–Crippen LogP) is 2.36. The van der Waals surface area contributed by atoms with Crippen molar-refractivity contribution in [1.82, 2.24) is 4.90 Å². The fourth-order valence-corrected chi connectivity index (χ4v) is 3.37. The molecule has 1 aromatic heterocycles. The molecule has 5 nitrogen and oxygen atoms in total. The van der Waals surface area contributed by atoms with Crippen molar-refractivity contribution in [2.75, 3.05) is 38.1 Å². The average Bonchev–Trinajstić information content (AvgIpc) is 3.08. The van der Waals surface area contributed by atoms with Gasteiger partial charge in [0.05, 0.1) is 10.6 Å². The van der Waals surface area contributed by atoms with Gasteiger partial charge in [-0.05, 0) is 25.3 Å². The highest BCUT2D eigenvalue weighted by Gasteiger charge is 2.45. The van der Waals surface area contributed by atoms with Gasteiger partial charge in [-0.15, -0.1) is 11.3 Å². The van der Waals surface area contributed by atoms with Gasteiger partial charge in [-0.2, -0.15) is 13.2 Å². The Hall–Kier alpha value is -1.87. The first-order valence-electron chi connectivity index (χ1n) is 6.96. The highest BCUT2D eigenvalue weighted by molar-refractivity contribution is 7.17. The standard InChI is InChI=1S/C14H14F3N3O2S/c1-19-4-6-20(7-5-19)11-3-2-9(23-11)8-10-12(14(15,16)17)18-22-13(10)21/h2-3,8H,4-7H2,1H3. The van der Waals surface area contributed by atoms with Crippen LogP contribution in [0.1, 0.15) is 4.88 Å². The monoisotopic (exact) mass is 345 g/mol. The molecule has 1 aromatic rings. The number of carbonyl (C=O) groups is 1. The number of halogens is 3. The molecule has 2 aliphatic heterocycles. The molecule has 9 heteroatoms. The summed E-state index contributed by atoms with van der Waals surface area (Å²) in [5.41, 5.74) is -1.83. The van der Waals surface area contributed by atoms with Crippen LogP contribution in [0.15, 0.2) is 22.9 Å². The third-order valence-corrected chi connectivity index (χ3v) is 4.77. The van der Waals surface area contributed by atoms with Gasteiger partial charge in [-0.3, -0.25) is 0 Å². The van der Waals surface area contributed by atoms with Crippen molar-refractivity contribution in [2.24, 2.45) is 5.16 Å². The summed E-state index contributed by atoms with van der Waals surface area (Å²) in [6.07, 6.45) is -3.53. The Kier molecular flexibility index (Phi) is 4.15. The van der Waals surface area contributed by atoms with Crippen LogP contribution >= 0.6 is 11.3 Å². The molecule has 0 spiro atoms. The van der Waals surface area contributed by atoms with Crippen LogP contribution in [0.3, 0.4) is 0 Å². The molecule has 0 aliphatic carbocycles. The van der Waals surface area contributed by atoms with Crippen LogP contribution in [0.25, 0.3) is 6.08 Å². The van der Waals surface area contributed by atoms with Crippen molar-refractivity contribution >= 4 is 34.1 Å². The third kappa shape index (κ3) is 3.40. The molecule has 0 unspecified atom stereocenters. The first-order chi connectivity index (χ1) is 10.8. The second kappa shape index (κ2) is 5.97. The van der Waals surface area contributed by atoms with Gasteiger partial charge in [-0.1, -0.05) is 5.16 Å². The maximum Gasteiger partial charge on any atom is 0.437 e. The van der Waals surface area contributed by atoms with E-state index in [4.69, 9.17) is 0 Å². The van der Waals surface area contributed by atoms with Crippen molar-refractivity contribution in [3.8, 4) is 0 Å². The minimum absolute atomic E-state index is 0.552. The number of piperazine rings is 1. The molecular formula is C14H14F3N3O2S. The SMILES string of the molecule is CN1CCN(c2ccc(C=C3C(=O)ON=C3C(F)(F)F)s2)CC1. The topological polar surface area (TPSA) is 45.1 Å². The van der Waals surface area contributed by atoms with E-state index in [-0.39, 0.29) is 0 Å². The molecule has 0 saturated carbocycles. The Morgan fingerprint density at radius 3 is 2.61 bits per heavy atom. The molecule has 124 valence electrons. The largest absolute Gasteiger partial charge is 0.437 e. The number of hydrogen-bond donors (Lipinski definition) is 0. The van der Waals surface area contributed by atoms with Crippen LogP contribution in [-0.2, 0) is 9.63 Å². The van der Waals surface area contributed by atoms with E-state index in [0.29, 0.717) is 4.88 Å². The Labute approximate surface area is 134 Å². The summed E-state index contributed by atoms with van der Waals surface area (Å²) in [6, 6.07) is 3.55. The van der Waals surface area contributed by atoms with Crippen molar-refractivity contribution in [1.29, 1.82) is 0 Å². The molecule has 0 aromatic carbocycles. The highest BCUT2D eigenvalue weighted by Crippen LogP contribution is 2.32. The lowest BCUT2D eigenvalue weighted by Gasteiger charge is -2.32. The van der Waals surface area contributed by atoms with Crippen molar-refractivity contribution < 1.29 is 22.8 Å². The van der Waals surface area contributed by atoms with E-state index in [2.05, 4.69) is 19.8 Å². The molecule has 0 atom stereocenters. The highest BCUT2D eigenvalue weighted by atomic mass is 32.1. The molecule has 0 N–H and O–H groups in total. The maximum atomic E-state index is 12.8. The van der Waals surface area contributed by atoms with Gasteiger partial charge < -0.3 is 14.6 Å². The average molecular weight is 345 g/mol. The number of hydrogen-bond acceptors (Lipinski definition) is 6. The summed E-state index contributed by atoms with van der Waals surface area (Å²) in [5, 5.41) is 3.81. The third-order valence-electron chi connectivity index (χ3n) is 3.68. The first kappa shape index (κ1) is 16.0. The van der Waals surface area contributed by atoms with Gasteiger partial charge in [0.1, 0.15) is 0 Å². The quantitative estimate of drug-likeness (QED) is 0.610. The van der Waals surface area contributed by atoms with Crippen molar-refractivity contribution in [3.63, 3.8) is 0 Å². The smallest absolute Gasteiger partial charge is 0.361 e. The van der Waals surface area contributed by atoms with E-state index < -0.39 is 23.4 Å². The van der Waals surface area contributed by atoms with Gasteiger partial charge in [0.25, 0.3) is 0 Å². The number of carbonyl (C=O) groups excluding carboxylic acids is 1. The molecule has 0 amide bonds. The number of thiophene rings is 1. The van der Waals surface area contributed by atoms with Crippen LogP contribution < -0.4 is 4.90 Å². The molecule has 1 fully saturated rings. The van der Waals surface area contributed by atoms with E-state index in [9.17, 15) is 18.0 Å². The summed E-state index contributed by atoms with van der Waals surface area (Å²) in [6.45, 7) is 3.60. The molecule has 3 rings (SSSR count). The molecule has 3 heterocycles. The molecule has 2 aliphatic rings. The van der Waals surface area contributed by atoms with Gasteiger partial charge in [0.15, 0.2) is 5.71 Å². The van der Waals surface area contributed by atoms with Crippen LogP contribution in [0.5, 0.6) is 0 Å². The number of oxime groups is 1. The van der Waals surface area contributed by atoms with Crippen LogP contribution in [0.2, 0.25) is 0 Å². The molecule has 1 saturated heterocycles. The predicted molar refractivity (Wildman–Crippen MR) is 81.6 cm³/mol. The van der Waals surface area contributed by atoms with Crippen molar-refractivity contribution in [3.05, 3.63) is 22.6 Å². The van der Waals surface area contributed by atoms with Gasteiger partial charge in [0.2, 0.25) is 0 Å². The lowest BCUT2D eigenvalue weighted by atomic mass is 10.1. The zero-order valence-corrected chi connectivity index (χ0v) is 13.1. The Morgan fingerprint density at radius 1 is 1.26 bits per heavy atom. The fourth-order valence-electron chi connectivity index (χ4n) is 2.37. The number of anilines is 1. The van der Waals surface area contributed by atoms with E-state index in [1.54, 1.807) is 6.07 Å². The summed E-state index contributed by atoms with van der Waals surface area (Å²) in [4.78, 5) is 20.6. The lowest BCUT2D eigenvalue weighted by molar-refractivity contribution is -0.136. The minimum atomic E-state index is -4.71. The molecular weight excluding hydrogens is 331 g/mol. The van der Waals surface area contributed by atoms with E-state index >= 15 is 0 Å². The molecule has 0 bridgehead atoms. The number of rotatable bonds is 2. The van der Waals surface area contributed by atoms with E-state index in [1.807, 2.05) is 13.1 Å². The summed E-state index contributed by atoms with van der Waals surface area (Å²) in [5.74, 6) is -1.08. The Morgan fingerprint density at radius 2 is 1.96 bits per heavy atom. The summed E-state index contributed by atoms with van der Waals surface area (Å²) in [7, 11) is 2.05. The van der Waals surface area contributed by atoms with Crippen LogP contribution in [0, 0.1) is 0 Å². The minimum Gasteiger partial charge on any atom is -0.361 e. The second-order valence-corrected chi connectivity index (χ2v) is 6.43. The zero-order chi connectivity index (χ0) is 16.6. The molecule has 23 heavy (non-hydrogen) atoms. The number of nitrogens with zero attached hydrogens (tertiary/aromatic N) is 3. The summed E-state index contributed by atoms with van der Waals surface area (Å²) >= 11 is 1.34.